The summed E-state index contributed by atoms with van der Waals surface area (Å²) in [5.74, 6) is 0.173. The Kier molecular flexibility index (Phi) is 8.24. The van der Waals surface area contributed by atoms with Crippen molar-refractivity contribution in [1.82, 2.24) is 19.5 Å². The number of aromatic amines is 1. The van der Waals surface area contributed by atoms with E-state index in [2.05, 4.69) is 37.5 Å². The fourth-order valence-corrected chi connectivity index (χ4v) is 4.86. The first-order chi connectivity index (χ1) is 17.3. The molecule has 1 aliphatic heterocycles. The first-order valence-corrected chi connectivity index (χ1v) is 13.1. The van der Waals surface area contributed by atoms with E-state index in [1.807, 2.05) is 24.3 Å². The van der Waals surface area contributed by atoms with Crippen molar-refractivity contribution in [3.05, 3.63) is 75.0 Å². The molecule has 192 valence electrons. The maximum absolute atomic E-state index is 13.5. The van der Waals surface area contributed by atoms with E-state index in [0.29, 0.717) is 5.65 Å². The highest BCUT2D eigenvalue weighted by Gasteiger charge is 2.29. The number of aliphatic hydroxyl groups excluding tert-OH is 1. The number of rotatable bonds is 12. The Labute approximate surface area is 213 Å². The molecule has 0 fully saturated rings. The number of hydrogen-bond acceptors (Lipinski definition) is 11. The molecule has 2 aromatic heterocycles. The summed E-state index contributed by atoms with van der Waals surface area (Å²) in [4.78, 5) is 22.4. The highest BCUT2D eigenvalue weighted by atomic mass is 79.9. The summed E-state index contributed by atoms with van der Waals surface area (Å²) in [6.07, 6.45) is 1.05. The minimum Gasteiger partial charge on any atom is -0.425 e. The molecule has 36 heavy (non-hydrogen) atoms. The van der Waals surface area contributed by atoms with Crippen molar-refractivity contribution in [2.75, 3.05) is 31.9 Å². The number of nitrogens with zero attached hydrogens (tertiary/aromatic N) is 3. The number of aliphatic hydroxyl groups is 1. The molecule has 0 spiro atoms. The van der Waals surface area contributed by atoms with Gasteiger partial charge in [0.05, 0.1) is 19.5 Å². The Morgan fingerprint density at radius 1 is 1.25 bits per heavy atom. The number of aromatic nitrogens is 4. The second-order valence-electron chi connectivity index (χ2n) is 7.47. The van der Waals surface area contributed by atoms with E-state index in [9.17, 15) is 14.5 Å². The van der Waals surface area contributed by atoms with Crippen molar-refractivity contribution in [3.8, 4) is 0 Å². The van der Waals surface area contributed by atoms with Gasteiger partial charge in [0.15, 0.2) is 22.7 Å². The molecule has 3 aromatic rings. The summed E-state index contributed by atoms with van der Waals surface area (Å²) >= 11 is 3.38. The van der Waals surface area contributed by atoms with Gasteiger partial charge in [-0.25, -0.2) is 4.98 Å². The summed E-state index contributed by atoms with van der Waals surface area (Å²) in [7, 11) is -3.81. The van der Waals surface area contributed by atoms with Crippen LogP contribution in [0.25, 0.3) is 11.2 Å². The fraction of sp³-hybridized carbons (Fsp3) is 0.286. The number of nitrogens with two attached hydrogens (primary N) is 1. The number of hydrogen-bond donors (Lipinski definition) is 3. The predicted octanol–water partition coefficient (Wildman–Crippen LogP) is 2.59. The molecular formula is C21H23BrN5O8P. The van der Waals surface area contributed by atoms with Crippen LogP contribution in [-0.2, 0) is 41.0 Å². The molecule has 1 atom stereocenters. The molecule has 0 radical (unpaired) electrons. The molecule has 0 amide bonds. The van der Waals surface area contributed by atoms with Crippen molar-refractivity contribution in [2.24, 2.45) is 0 Å². The average molecular weight is 584 g/mol. The molecule has 4 N–H and O–H groups in total. The van der Waals surface area contributed by atoms with Gasteiger partial charge in [-0.15, -0.1) is 0 Å². The summed E-state index contributed by atoms with van der Waals surface area (Å²) in [6.45, 7) is 3.10. The van der Waals surface area contributed by atoms with Gasteiger partial charge in [0.25, 0.3) is 11.5 Å². The molecule has 0 bridgehead atoms. The molecular weight excluding hydrogens is 561 g/mol. The van der Waals surface area contributed by atoms with Crippen LogP contribution >= 0.6 is 23.5 Å². The van der Waals surface area contributed by atoms with Crippen LogP contribution in [0.15, 0.2) is 63.9 Å². The van der Waals surface area contributed by atoms with Crippen LogP contribution in [0.5, 0.6) is 0 Å². The molecule has 13 nitrogen and oxygen atoms in total. The smallest absolute Gasteiger partial charge is 0.356 e. The van der Waals surface area contributed by atoms with Gasteiger partial charge in [-0.3, -0.25) is 18.9 Å². The second kappa shape index (κ2) is 11.4. The number of nitrogen functional groups attached to an aromatic ring is 1. The van der Waals surface area contributed by atoms with E-state index in [4.69, 9.17) is 29.0 Å². The Bertz CT molecular complexity index is 1400. The third-order valence-electron chi connectivity index (χ3n) is 4.86. The van der Waals surface area contributed by atoms with E-state index in [-0.39, 0.29) is 61.6 Å². The standard InChI is InChI=1S/C21H23BrN5O8P/c1-13-34-16(8-28)17(35-13)10-33-36(30,32-9-14-3-2-4-15(22)7-14)12-31-6-5-27-11-24-18-19(27)25-21(23)26-20(18)29/h2-4,7,11,28H,1,5-6,8-10,12H2,(H3,23,25,26,29). The maximum atomic E-state index is 13.5. The largest absolute Gasteiger partial charge is 0.425 e. The van der Waals surface area contributed by atoms with Crippen LogP contribution in [0, 0.1) is 0 Å². The van der Waals surface area contributed by atoms with Gasteiger partial charge in [0, 0.05) is 11.0 Å². The molecule has 0 saturated carbocycles. The van der Waals surface area contributed by atoms with Gasteiger partial charge >= 0.3 is 7.60 Å². The molecule has 1 unspecified atom stereocenters. The van der Waals surface area contributed by atoms with E-state index in [1.54, 1.807) is 4.57 Å². The Morgan fingerprint density at radius 3 is 2.81 bits per heavy atom. The van der Waals surface area contributed by atoms with Crippen molar-refractivity contribution in [2.45, 2.75) is 13.2 Å². The van der Waals surface area contributed by atoms with Gasteiger partial charge in [0.2, 0.25) is 5.95 Å². The minimum absolute atomic E-state index is 0.00577. The van der Waals surface area contributed by atoms with E-state index >= 15 is 0 Å². The maximum Gasteiger partial charge on any atom is 0.356 e. The number of nitrogens with one attached hydrogen (secondary N) is 1. The minimum atomic E-state index is -3.81. The Morgan fingerprint density at radius 2 is 2.03 bits per heavy atom. The van der Waals surface area contributed by atoms with Crippen LogP contribution in [0.1, 0.15) is 5.56 Å². The van der Waals surface area contributed by atoms with Crippen molar-refractivity contribution in [3.63, 3.8) is 0 Å². The lowest BCUT2D eigenvalue weighted by molar-refractivity contribution is 0.114. The summed E-state index contributed by atoms with van der Waals surface area (Å²) in [5, 5.41) is 9.40. The Balaban J connectivity index is 1.41. The number of imidazole rings is 1. The van der Waals surface area contributed by atoms with Crippen LogP contribution in [0.2, 0.25) is 0 Å². The number of H-pyrrole nitrogens is 1. The number of anilines is 1. The zero-order valence-electron chi connectivity index (χ0n) is 18.9. The molecule has 4 rings (SSSR count). The first-order valence-electron chi connectivity index (χ1n) is 10.5. The molecule has 0 saturated heterocycles. The van der Waals surface area contributed by atoms with Crippen molar-refractivity contribution >= 4 is 40.6 Å². The van der Waals surface area contributed by atoms with Crippen molar-refractivity contribution in [1.29, 1.82) is 0 Å². The quantitative estimate of drug-likeness (QED) is 0.211. The third-order valence-corrected chi connectivity index (χ3v) is 6.89. The lowest BCUT2D eigenvalue weighted by atomic mass is 10.2. The van der Waals surface area contributed by atoms with E-state index < -0.39 is 19.8 Å². The third kappa shape index (κ3) is 6.40. The van der Waals surface area contributed by atoms with E-state index in [0.717, 1.165) is 10.0 Å². The lowest BCUT2D eigenvalue weighted by Crippen LogP contribution is -2.13. The van der Waals surface area contributed by atoms with Crippen LogP contribution < -0.4 is 11.3 Å². The summed E-state index contributed by atoms with van der Waals surface area (Å²) in [6, 6.07) is 7.30. The average Bonchev–Trinajstić information content (AvgIpc) is 3.42. The molecule has 15 heteroatoms. The van der Waals surface area contributed by atoms with Gasteiger partial charge in [-0.1, -0.05) is 28.1 Å². The first kappa shape index (κ1) is 26.1. The monoisotopic (exact) mass is 583 g/mol. The number of fused-ring (bicyclic) bond motifs is 1. The second-order valence-corrected chi connectivity index (χ2v) is 10.4. The lowest BCUT2D eigenvalue weighted by Gasteiger charge is -2.19. The SMILES string of the molecule is C=C1OC(CO)=C(COP(=O)(COCCn2cnc3c(=O)[nH]c(N)nc32)OCc2cccc(Br)c2)O1. The normalized spacial score (nSPS) is 15.2. The summed E-state index contributed by atoms with van der Waals surface area (Å²) < 4.78 is 43.2. The number of benzene rings is 1. The zero-order chi connectivity index (χ0) is 25.7. The molecule has 1 aromatic carbocycles. The highest BCUT2D eigenvalue weighted by Crippen LogP contribution is 2.49. The molecule has 0 aliphatic carbocycles. The fourth-order valence-electron chi connectivity index (χ4n) is 3.18. The number of halogens is 1. The predicted molar refractivity (Wildman–Crippen MR) is 131 cm³/mol. The topological polar surface area (TPSA) is 173 Å². The highest BCUT2D eigenvalue weighted by molar-refractivity contribution is 9.10. The van der Waals surface area contributed by atoms with Crippen molar-refractivity contribution < 1.29 is 32.9 Å². The van der Waals surface area contributed by atoms with Crippen LogP contribution in [0.4, 0.5) is 5.95 Å². The van der Waals surface area contributed by atoms with Crippen LogP contribution in [-0.4, -0.2) is 50.8 Å². The Hall–Kier alpha value is -3.00. The van der Waals surface area contributed by atoms with Gasteiger partial charge < -0.3 is 34.1 Å². The molecule has 1 aliphatic rings. The number of ether oxygens (including phenoxy) is 3. The van der Waals surface area contributed by atoms with Gasteiger partial charge in [-0.2, -0.15) is 4.98 Å². The summed E-state index contributed by atoms with van der Waals surface area (Å²) in [5.41, 5.74) is 6.36. The molecule has 3 heterocycles. The zero-order valence-corrected chi connectivity index (χ0v) is 21.4. The van der Waals surface area contributed by atoms with E-state index in [1.165, 1.54) is 6.33 Å². The van der Waals surface area contributed by atoms with Gasteiger partial charge in [-0.05, 0) is 24.3 Å². The van der Waals surface area contributed by atoms with Gasteiger partial charge in [0.1, 0.15) is 19.6 Å². The van der Waals surface area contributed by atoms with Crippen LogP contribution in [0.3, 0.4) is 0 Å².